The Kier molecular flexibility index (Phi) is 6.02. The van der Waals surface area contributed by atoms with E-state index in [4.69, 9.17) is 10.00 Å². The first-order valence-electron chi connectivity index (χ1n) is 10.2. The van der Waals surface area contributed by atoms with Crippen LogP contribution in [0.4, 0.5) is 10.5 Å². The average molecular weight is 399 g/mol. The summed E-state index contributed by atoms with van der Waals surface area (Å²) in [7, 11) is 0. The number of anilines is 1. The maximum absolute atomic E-state index is 12.4. The van der Waals surface area contributed by atoms with E-state index in [9.17, 15) is 14.7 Å². The van der Waals surface area contributed by atoms with Crippen molar-refractivity contribution in [2.75, 3.05) is 18.1 Å². The lowest BCUT2D eigenvalue weighted by Crippen LogP contribution is -2.52. The number of nitrogens with zero attached hydrogens (tertiary/aromatic N) is 3. The summed E-state index contributed by atoms with van der Waals surface area (Å²) < 4.78 is 5.49. The highest BCUT2D eigenvalue weighted by Gasteiger charge is 2.36. The Morgan fingerprint density at radius 2 is 2.00 bits per heavy atom. The molecule has 1 aliphatic heterocycles. The van der Waals surface area contributed by atoms with Gasteiger partial charge in [0.05, 0.1) is 17.3 Å². The summed E-state index contributed by atoms with van der Waals surface area (Å²) in [5.41, 5.74) is 0.758. The molecule has 1 saturated carbocycles. The zero-order chi connectivity index (χ0) is 21.2. The largest absolute Gasteiger partial charge is 0.482 e. The molecule has 156 valence electrons. The van der Waals surface area contributed by atoms with Gasteiger partial charge in [-0.1, -0.05) is 0 Å². The second-order valence-electron chi connectivity index (χ2n) is 8.91. The van der Waals surface area contributed by atoms with E-state index in [-0.39, 0.29) is 18.6 Å². The summed E-state index contributed by atoms with van der Waals surface area (Å²) in [6.07, 6.45) is 3.60. The molecule has 0 unspecified atom stereocenters. The van der Waals surface area contributed by atoms with E-state index in [1.807, 2.05) is 20.8 Å². The van der Waals surface area contributed by atoms with Gasteiger partial charge in [0.15, 0.2) is 6.61 Å². The molecule has 7 nitrogen and oxygen atoms in total. The van der Waals surface area contributed by atoms with Crippen LogP contribution in [0.25, 0.3) is 0 Å². The number of amides is 2. The molecule has 1 aliphatic carbocycles. The van der Waals surface area contributed by atoms with Gasteiger partial charge in [0.25, 0.3) is 5.91 Å². The topological polar surface area (TPSA) is 93.9 Å². The van der Waals surface area contributed by atoms with Crippen molar-refractivity contribution < 1.29 is 19.4 Å². The Hall–Kier alpha value is -2.75. The van der Waals surface area contributed by atoms with E-state index in [1.54, 1.807) is 28.0 Å². The second kappa shape index (κ2) is 8.32. The summed E-state index contributed by atoms with van der Waals surface area (Å²) in [5.74, 6) is 1.00. The lowest BCUT2D eigenvalue weighted by molar-refractivity contribution is -0.121. The number of hydrogen-bond donors (Lipinski definition) is 1. The Balaban J connectivity index is 1.61. The van der Waals surface area contributed by atoms with Crippen molar-refractivity contribution in [1.29, 1.82) is 5.26 Å². The zero-order valence-corrected chi connectivity index (χ0v) is 17.4. The third-order valence-electron chi connectivity index (χ3n) is 5.90. The van der Waals surface area contributed by atoms with E-state index in [2.05, 4.69) is 6.07 Å². The molecule has 29 heavy (non-hydrogen) atoms. The molecule has 0 bridgehead atoms. The first-order valence-corrected chi connectivity index (χ1v) is 10.2. The highest BCUT2D eigenvalue weighted by molar-refractivity contribution is 5.98. The number of nitriles is 1. The molecule has 0 spiro atoms. The van der Waals surface area contributed by atoms with Crippen molar-refractivity contribution in [3.8, 4) is 11.8 Å². The Bertz CT molecular complexity index is 816. The average Bonchev–Trinajstić information content (AvgIpc) is 2.66. The van der Waals surface area contributed by atoms with Crippen molar-refractivity contribution in [2.24, 2.45) is 5.92 Å². The smallest absolute Gasteiger partial charge is 0.407 e. The molecule has 1 aromatic rings. The first kappa shape index (κ1) is 21.0. The normalized spacial score (nSPS) is 21.7. The Labute approximate surface area is 171 Å². The minimum atomic E-state index is -0.857. The summed E-state index contributed by atoms with van der Waals surface area (Å²) >= 11 is 0. The fraction of sp³-hybridized carbons (Fsp3) is 0.591. The summed E-state index contributed by atoms with van der Waals surface area (Å²) in [4.78, 5) is 27.4. The van der Waals surface area contributed by atoms with Crippen LogP contribution < -0.4 is 9.64 Å². The summed E-state index contributed by atoms with van der Waals surface area (Å²) in [6.45, 7) is 6.41. The van der Waals surface area contributed by atoms with Gasteiger partial charge in [-0.2, -0.15) is 5.26 Å². The number of carboxylic acid groups (broad SMARTS) is 1. The summed E-state index contributed by atoms with van der Waals surface area (Å²) in [6, 6.07) is 7.30. The molecule has 0 aromatic heterocycles. The molecule has 0 saturated heterocycles. The van der Waals surface area contributed by atoms with Crippen molar-refractivity contribution >= 4 is 17.7 Å². The van der Waals surface area contributed by atoms with Gasteiger partial charge in [0, 0.05) is 18.1 Å². The minimum Gasteiger partial charge on any atom is -0.482 e. The van der Waals surface area contributed by atoms with Crippen LogP contribution in [0.2, 0.25) is 0 Å². The number of carbonyl (C=O) groups is 2. The third kappa shape index (κ3) is 4.64. The number of benzene rings is 1. The molecule has 1 fully saturated rings. The predicted octanol–water partition coefficient (Wildman–Crippen LogP) is 4.01. The van der Waals surface area contributed by atoms with Crippen LogP contribution in [0.15, 0.2) is 18.2 Å². The highest BCUT2D eigenvalue weighted by atomic mass is 16.5. The second-order valence-corrected chi connectivity index (χ2v) is 8.91. The fourth-order valence-corrected chi connectivity index (χ4v) is 4.51. The monoisotopic (exact) mass is 399 g/mol. The number of rotatable bonds is 4. The van der Waals surface area contributed by atoms with E-state index in [0.717, 1.165) is 32.1 Å². The van der Waals surface area contributed by atoms with Crippen molar-refractivity contribution in [3.63, 3.8) is 0 Å². The van der Waals surface area contributed by atoms with Crippen LogP contribution in [0, 0.1) is 17.2 Å². The molecule has 0 radical (unpaired) electrons. The third-order valence-corrected chi connectivity index (χ3v) is 5.90. The highest BCUT2D eigenvalue weighted by Crippen LogP contribution is 2.36. The number of hydrogen-bond acceptors (Lipinski definition) is 4. The van der Waals surface area contributed by atoms with Crippen LogP contribution >= 0.6 is 0 Å². The first-order chi connectivity index (χ1) is 13.7. The molecule has 1 N–H and O–H groups in total. The molecule has 7 heteroatoms. The van der Waals surface area contributed by atoms with Gasteiger partial charge >= 0.3 is 6.09 Å². The van der Waals surface area contributed by atoms with Crippen LogP contribution in [0.5, 0.6) is 5.75 Å². The SMILES string of the molecule is CC(C)(C)N(C(=O)O)[C@H]1CC[C@H](CCN2C(=O)COc3ccc(C#N)cc32)CC1. The van der Waals surface area contributed by atoms with Gasteiger partial charge in [-0.25, -0.2) is 4.79 Å². The fourth-order valence-electron chi connectivity index (χ4n) is 4.51. The standard InChI is InChI=1S/C22H29N3O4/c1-22(2,3)25(21(27)28)17-7-4-15(5-8-17)10-11-24-18-12-16(13-23)6-9-19(18)29-14-20(24)26/h6,9,12,15,17H,4-5,7-8,10-11,14H2,1-3H3,(H,27,28)/t15-,17-. The lowest BCUT2D eigenvalue weighted by atomic mass is 9.82. The maximum Gasteiger partial charge on any atom is 0.407 e. The van der Waals surface area contributed by atoms with Gasteiger partial charge in [-0.05, 0) is 77.0 Å². The number of fused-ring (bicyclic) bond motifs is 1. The molecule has 2 amide bonds. The van der Waals surface area contributed by atoms with Crippen LogP contribution in [-0.4, -0.2) is 46.7 Å². The maximum atomic E-state index is 12.4. The Morgan fingerprint density at radius 1 is 1.31 bits per heavy atom. The van der Waals surface area contributed by atoms with E-state index in [0.29, 0.717) is 29.5 Å². The molecule has 1 aromatic carbocycles. The van der Waals surface area contributed by atoms with E-state index < -0.39 is 11.6 Å². The minimum absolute atomic E-state index is 0.0186. The zero-order valence-electron chi connectivity index (χ0n) is 17.4. The van der Waals surface area contributed by atoms with Gasteiger partial charge in [0.1, 0.15) is 5.75 Å². The van der Waals surface area contributed by atoms with Crippen LogP contribution in [0.1, 0.15) is 58.4 Å². The van der Waals surface area contributed by atoms with E-state index in [1.165, 1.54) is 0 Å². The number of carbonyl (C=O) groups excluding carboxylic acids is 1. The van der Waals surface area contributed by atoms with Gasteiger partial charge in [-0.15, -0.1) is 0 Å². The van der Waals surface area contributed by atoms with Gasteiger partial charge in [-0.3, -0.25) is 4.79 Å². The predicted molar refractivity (Wildman–Crippen MR) is 109 cm³/mol. The number of ether oxygens (including phenoxy) is 1. The molecule has 2 aliphatic rings. The van der Waals surface area contributed by atoms with Crippen molar-refractivity contribution in [3.05, 3.63) is 23.8 Å². The molecule has 1 heterocycles. The summed E-state index contributed by atoms with van der Waals surface area (Å²) in [5, 5.41) is 18.8. The molecule has 3 rings (SSSR count). The van der Waals surface area contributed by atoms with Crippen molar-refractivity contribution in [1.82, 2.24) is 4.90 Å². The van der Waals surface area contributed by atoms with Crippen molar-refractivity contribution in [2.45, 2.75) is 64.5 Å². The Morgan fingerprint density at radius 3 is 2.59 bits per heavy atom. The van der Waals surface area contributed by atoms with Crippen LogP contribution in [-0.2, 0) is 4.79 Å². The van der Waals surface area contributed by atoms with Crippen LogP contribution in [0.3, 0.4) is 0 Å². The quantitative estimate of drug-likeness (QED) is 0.825. The van der Waals surface area contributed by atoms with E-state index >= 15 is 0 Å². The molecular formula is C22H29N3O4. The van der Waals surface area contributed by atoms with Gasteiger partial charge in [0.2, 0.25) is 0 Å². The molecular weight excluding hydrogens is 370 g/mol. The van der Waals surface area contributed by atoms with Gasteiger partial charge < -0.3 is 19.6 Å². The lowest BCUT2D eigenvalue weighted by Gasteiger charge is -2.43. The molecule has 0 atom stereocenters.